The number of likely N-dealkylation sites (tertiary alicyclic amines) is 1. The van der Waals surface area contributed by atoms with E-state index in [2.05, 4.69) is 33.0 Å². The van der Waals surface area contributed by atoms with E-state index in [-0.39, 0.29) is 17.9 Å². The van der Waals surface area contributed by atoms with Gasteiger partial charge < -0.3 is 20.6 Å². The maximum Gasteiger partial charge on any atom is 0.404 e. The van der Waals surface area contributed by atoms with E-state index in [1.807, 2.05) is 12.1 Å². The topological polar surface area (TPSA) is 111 Å². The van der Waals surface area contributed by atoms with Gasteiger partial charge in [-0.25, -0.2) is 4.79 Å². The number of carbonyl (C=O) groups is 3. The molecule has 170 valence electrons. The van der Waals surface area contributed by atoms with Crippen molar-refractivity contribution in [3.63, 3.8) is 0 Å². The minimum atomic E-state index is -0.942. The third kappa shape index (κ3) is 7.54. The monoisotopic (exact) mass is 430 g/mol. The van der Waals surface area contributed by atoms with Crippen LogP contribution in [0, 0.1) is 0 Å². The Morgan fingerprint density at radius 3 is 2.42 bits per heavy atom. The highest BCUT2D eigenvalue weighted by molar-refractivity contribution is 6.01. The third-order valence-electron chi connectivity index (χ3n) is 6.23. The highest BCUT2D eigenvalue weighted by atomic mass is 16.4. The lowest BCUT2D eigenvalue weighted by Gasteiger charge is -2.32. The van der Waals surface area contributed by atoms with E-state index >= 15 is 0 Å². The van der Waals surface area contributed by atoms with Crippen LogP contribution in [0.5, 0.6) is 0 Å². The molecule has 0 aromatic heterocycles. The van der Waals surface area contributed by atoms with Gasteiger partial charge in [0.15, 0.2) is 0 Å². The van der Waals surface area contributed by atoms with Crippen LogP contribution in [0.15, 0.2) is 24.3 Å². The summed E-state index contributed by atoms with van der Waals surface area (Å²) < 4.78 is 0. The molecule has 0 saturated carbocycles. The van der Waals surface area contributed by atoms with E-state index < -0.39 is 6.09 Å². The zero-order valence-corrected chi connectivity index (χ0v) is 18.1. The van der Waals surface area contributed by atoms with Crippen LogP contribution < -0.4 is 16.0 Å². The summed E-state index contributed by atoms with van der Waals surface area (Å²) in [5.41, 5.74) is 2.26. The molecule has 31 heavy (non-hydrogen) atoms. The maximum absolute atomic E-state index is 11.9. The molecule has 0 radical (unpaired) electrons. The zero-order valence-electron chi connectivity index (χ0n) is 18.1. The fourth-order valence-electron chi connectivity index (χ4n) is 4.38. The third-order valence-corrected chi connectivity index (χ3v) is 6.23. The molecule has 3 amide bonds. The molecule has 1 aromatic carbocycles. The normalized spacial score (nSPS) is 20.3. The molecule has 3 rings (SSSR count). The summed E-state index contributed by atoms with van der Waals surface area (Å²) in [4.78, 5) is 36.1. The lowest BCUT2D eigenvalue weighted by atomic mass is 9.89. The maximum atomic E-state index is 11.9. The zero-order chi connectivity index (χ0) is 22.1. The first-order valence-electron chi connectivity index (χ1n) is 11.4. The molecule has 1 unspecified atom stereocenters. The van der Waals surface area contributed by atoms with E-state index in [0.717, 1.165) is 57.4 Å². The van der Waals surface area contributed by atoms with Crippen LogP contribution in [0.3, 0.4) is 0 Å². The molecule has 4 N–H and O–H groups in total. The van der Waals surface area contributed by atoms with Crippen molar-refractivity contribution in [1.82, 2.24) is 15.5 Å². The van der Waals surface area contributed by atoms with E-state index in [4.69, 9.17) is 5.11 Å². The number of unbranched alkanes of at least 4 members (excludes halogenated alkanes) is 3. The van der Waals surface area contributed by atoms with Crippen LogP contribution in [0.4, 0.5) is 10.5 Å². The first-order chi connectivity index (χ1) is 15.0. The Kier molecular flexibility index (Phi) is 8.70. The fourth-order valence-corrected chi connectivity index (χ4v) is 4.38. The van der Waals surface area contributed by atoms with Crippen LogP contribution in [0.25, 0.3) is 0 Å². The Labute approximate surface area is 183 Å². The van der Waals surface area contributed by atoms with Gasteiger partial charge in [-0.3, -0.25) is 14.9 Å². The number of anilines is 1. The van der Waals surface area contributed by atoms with Crippen molar-refractivity contribution in [3.05, 3.63) is 29.8 Å². The quantitative estimate of drug-likeness (QED) is 0.336. The number of benzene rings is 1. The van der Waals surface area contributed by atoms with Gasteiger partial charge in [-0.2, -0.15) is 0 Å². The number of rotatable bonds is 10. The van der Waals surface area contributed by atoms with Gasteiger partial charge in [0.25, 0.3) is 0 Å². The van der Waals surface area contributed by atoms with Crippen LogP contribution in [0.2, 0.25) is 0 Å². The van der Waals surface area contributed by atoms with Gasteiger partial charge in [0, 0.05) is 18.7 Å². The largest absolute Gasteiger partial charge is 0.465 e. The number of imide groups is 1. The lowest BCUT2D eigenvalue weighted by molar-refractivity contribution is -0.133. The molecule has 0 bridgehead atoms. The summed E-state index contributed by atoms with van der Waals surface area (Å²) >= 11 is 0. The average molecular weight is 431 g/mol. The summed E-state index contributed by atoms with van der Waals surface area (Å²) in [6.07, 6.45) is 6.56. The Morgan fingerprint density at radius 1 is 1.03 bits per heavy atom. The summed E-state index contributed by atoms with van der Waals surface area (Å²) in [7, 11) is 0. The second-order valence-corrected chi connectivity index (χ2v) is 8.53. The van der Waals surface area contributed by atoms with Crippen LogP contribution >= 0.6 is 0 Å². The first kappa shape index (κ1) is 23.1. The fraction of sp³-hybridized carbons (Fsp3) is 0.609. The van der Waals surface area contributed by atoms with Crippen molar-refractivity contribution in [2.45, 2.75) is 63.3 Å². The smallest absolute Gasteiger partial charge is 0.404 e. The van der Waals surface area contributed by atoms with E-state index in [0.29, 0.717) is 25.3 Å². The van der Waals surface area contributed by atoms with Gasteiger partial charge in [-0.1, -0.05) is 25.0 Å². The number of carboxylic acid groups (broad SMARTS) is 1. The van der Waals surface area contributed by atoms with Crippen molar-refractivity contribution >= 4 is 23.6 Å². The highest BCUT2D eigenvalue weighted by Gasteiger charge is 2.26. The summed E-state index contributed by atoms with van der Waals surface area (Å²) in [6.45, 7) is 3.89. The number of nitrogens with one attached hydrogen (secondary N) is 3. The number of hydrogen-bond donors (Lipinski definition) is 4. The Bertz CT molecular complexity index is 744. The first-order valence-corrected chi connectivity index (χ1v) is 11.4. The number of amides is 3. The molecule has 2 aliphatic heterocycles. The minimum Gasteiger partial charge on any atom is -0.465 e. The molecule has 8 heteroatoms. The molecule has 1 aromatic rings. The van der Waals surface area contributed by atoms with E-state index in [1.165, 1.54) is 12.0 Å². The molecule has 2 heterocycles. The van der Waals surface area contributed by atoms with Crippen molar-refractivity contribution in [2.75, 3.05) is 31.5 Å². The van der Waals surface area contributed by atoms with Gasteiger partial charge >= 0.3 is 6.09 Å². The predicted octanol–water partition coefficient (Wildman–Crippen LogP) is 2.91. The minimum absolute atomic E-state index is 0.197. The molecule has 0 spiro atoms. The highest BCUT2D eigenvalue weighted by Crippen LogP contribution is 2.29. The van der Waals surface area contributed by atoms with Crippen molar-refractivity contribution < 1.29 is 19.5 Å². The number of nitrogens with zero attached hydrogens (tertiary/aromatic N) is 1. The van der Waals surface area contributed by atoms with E-state index in [9.17, 15) is 14.4 Å². The van der Waals surface area contributed by atoms with Gasteiger partial charge in [0.1, 0.15) is 6.04 Å². The Morgan fingerprint density at radius 2 is 1.74 bits per heavy atom. The van der Waals surface area contributed by atoms with Crippen molar-refractivity contribution in [2.24, 2.45) is 0 Å². The van der Waals surface area contributed by atoms with Gasteiger partial charge in [0.2, 0.25) is 11.8 Å². The van der Waals surface area contributed by atoms with Crippen molar-refractivity contribution in [1.29, 1.82) is 0 Å². The SMILES string of the molecule is O=C(O)NCCCCCCN1CCC(c2ccc(NC3CCC(=O)NC3=O)cc2)CC1. The van der Waals surface area contributed by atoms with Gasteiger partial charge in [-0.15, -0.1) is 0 Å². The number of hydrogen-bond acceptors (Lipinski definition) is 5. The molecule has 0 aliphatic carbocycles. The molecule has 2 saturated heterocycles. The van der Waals surface area contributed by atoms with Gasteiger partial charge in [0.05, 0.1) is 0 Å². The summed E-state index contributed by atoms with van der Waals surface area (Å²) in [5.74, 6) is 0.130. The van der Waals surface area contributed by atoms with Crippen LogP contribution in [-0.4, -0.2) is 60.1 Å². The predicted molar refractivity (Wildman–Crippen MR) is 119 cm³/mol. The Balaban J connectivity index is 1.33. The van der Waals surface area contributed by atoms with Crippen LogP contribution in [-0.2, 0) is 9.59 Å². The molecular formula is C23H34N4O4. The standard InChI is InChI=1S/C23H34N4O4/c28-21-10-9-20(22(29)26-21)25-19-7-5-17(6-8-19)18-11-15-27(16-12-18)14-4-2-1-3-13-24-23(30)31/h5-8,18,20,24-25H,1-4,9-16H2,(H,30,31)(H,26,28,29). The molecule has 8 nitrogen and oxygen atoms in total. The number of carbonyl (C=O) groups excluding carboxylic acids is 2. The van der Waals surface area contributed by atoms with Crippen LogP contribution in [0.1, 0.15) is 62.8 Å². The molecule has 2 aliphatic rings. The molecule has 2 fully saturated rings. The second-order valence-electron chi connectivity index (χ2n) is 8.53. The van der Waals surface area contributed by atoms with Crippen molar-refractivity contribution in [3.8, 4) is 0 Å². The molecular weight excluding hydrogens is 396 g/mol. The summed E-state index contributed by atoms with van der Waals surface area (Å²) in [5, 5.41) is 16.6. The van der Waals surface area contributed by atoms with E-state index in [1.54, 1.807) is 0 Å². The molecule has 1 atom stereocenters. The summed E-state index contributed by atoms with van der Waals surface area (Å²) in [6, 6.07) is 8.02. The Hall–Kier alpha value is -2.61. The average Bonchev–Trinajstić information content (AvgIpc) is 2.76. The number of piperidine rings is 2. The lowest BCUT2D eigenvalue weighted by Crippen LogP contribution is -2.47. The second kappa shape index (κ2) is 11.7. The van der Waals surface area contributed by atoms with Gasteiger partial charge in [-0.05, 0) is 75.4 Å².